The number of nitrogens with zero attached hydrogens (tertiary/aromatic N) is 2. The number of hydrogen-bond acceptors (Lipinski definition) is 9. The number of rotatable bonds is 5. The molecule has 8 nitrogen and oxygen atoms in total. The zero-order valence-corrected chi connectivity index (χ0v) is 14.0. The average Bonchev–Trinajstić information content (AvgIpc) is 3.04. The van der Waals surface area contributed by atoms with E-state index in [2.05, 4.69) is 10.2 Å². The highest BCUT2D eigenvalue weighted by Crippen LogP contribution is 2.34. The van der Waals surface area contributed by atoms with Gasteiger partial charge in [0.1, 0.15) is 5.75 Å². The lowest BCUT2D eigenvalue weighted by atomic mass is 9.77. The van der Waals surface area contributed by atoms with Crippen molar-refractivity contribution in [3.8, 4) is 10.9 Å². The molecule has 0 radical (unpaired) electrons. The number of carbonyl (C=O) groups excluding carboxylic acids is 1. The molecular formula is C14H16BN3O5S. The number of aromatic nitrogens is 2. The van der Waals surface area contributed by atoms with Crippen LogP contribution in [0.5, 0.6) is 10.9 Å². The van der Waals surface area contributed by atoms with Gasteiger partial charge in [-0.05, 0) is 53.9 Å². The summed E-state index contributed by atoms with van der Waals surface area (Å²) >= 11 is 1.12. The van der Waals surface area contributed by atoms with E-state index >= 15 is 0 Å². The topological polar surface area (TPSA) is 117 Å². The summed E-state index contributed by atoms with van der Waals surface area (Å²) in [6.45, 7) is 3.91. The van der Waals surface area contributed by atoms with Gasteiger partial charge in [-0.15, -0.1) is 5.10 Å². The molecule has 0 bridgehead atoms. The summed E-state index contributed by atoms with van der Waals surface area (Å²) in [5, 5.41) is 18.2. The minimum absolute atomic E-state index is 0.0475. The molecule has 0 saturated carbocycles. The third-order valence-electron chi connectivity index (χ3n) is 3.56. The predicted molar refractivity (Wildman–Crippen MR) is 88.3 cm³/mol. The molecule has 3 N–H and O–H groups in total. The normalized spacial score (nSPS) is 16.1. The van der Waals surface area contributed by atoms with Crippen molar-refractivity contribution >= 4 is 35.0 Å². The van der Waals surface area contributed by atoms with Crippen LogP contribution in [-0.4, -0.2) is 34.9 Å². The van der Waals surface area contributed by atoms with Crippen LogP contribution >= 0.6 is 11.3 Å². The molecule has 1 aromatic heterocycles. The third kappa shape index (κ3) is 3.35. The quantitative estimate of drug-likeness (QED) is 0.605. The van der Waals surface area contributed by atoms with E-state index < -0.39 is 13.2 Å². The van der Waals surface area contributed by atoms with Crippen LogP contribution in [0.25, 0.3) is 0 Å². The highest BCUT2D eigenvalue weighted by molar-refractivity contribution is 7.16. The first-order valence-corrected chi connectivity index (χ1v) is 8.20. The molecule has 1 aliphatic heterocycles. The summed E-state index contributed by atoms with van der Waals surface area (Å²) in [6, 6.07) is 3.45. The average molecular weight is 349 g/mol. The second-order valence-electron chi connectivity index (χ2n) is 5.24. The molecule has 0 spiro atoms. The Morgan fingerprint density at radius 3 is 2.96 bits per heavy atom. The molecule has 2 aromatic rings. The fourth-order valence-corrected chi connectivity index (χ4v) is 3.16. The Morgan fingerprint density at radius 2 is 2.29 bits per heavy atom. The van der Waals surface area contributed by atoms with Crippen LogP contribution in [0.2, 0.25) is 0 Å². The van der Waals surface area contributed by atoms with Crippen molar-refractivity contribution < 1.29 is 23.9 Å². The van der Waals surface area contributed by atoms with E-state index in [4.69, 9.17) is 19.9 Å². The Hall–Kier alpha value is -2.17. The molecule has 0 aliphatic carbocycles. The number of carbonyl (C=O) groups is 1. The zero-order valence-electron chi connectivity index (χ0n) is 13.2. The smallest absolute Gasteiger partial charge is 0.466 e. The summed E-state index contributed by atoms with van der Waals surface area (Å²) < 4.78 is 16.1. The zero-order chi connectivity index (χ0) is 17.3. The molecule has 1 aliphatic rings. The monoisotopic (exact) mass is 349 g/mol. The Labute approximate surface area is 142 Å². The van der Waals surface area contributed by atoms with Gasteiger partial charge < -0.3 is 24.9 Å². The van der Waals surface area contributed by atoms with Crippen LogP contribution in [0, 0.1) is 6.92 Å². The first-order valence-electron chi connectivity index (χ1n) is 7.38. The molecule has 0 unspecified atom stereocenters. The summed E-state index contributed by atoms with van der Waals surface area (Å²) in [5.74, 6) is 0.119. The number of hydrogen-bond donors (Lipinski definition) is 2. The van der Waals surface area contributed by atoms with Gasteiger partial charge in [0.15, 0.2) is 0 Å². The predicted octanol–water partition coefficient (Wildman–Crippen LogP) is 0.933. The van der Waals surface area contributed by atoms with Crippen molar-refractivity contribution in [2.45, 2.75) is 26.4 Å². The van der Waals surface area contributed by atoms with Crippen molar-refractivity contribution in [3.05, 3.63) is 23.3 Å². The van der Waals surface area contributed by atoms with Crippen molar-refractivity contribution in [1.29, 1.82) is 0 Å². The SMILES string of the molecule is CCOC(=O)C[C@@H]1OB(O)c2cc(Oc3nnc(N)s3)cc(C)c21. The number of benzene rings is 1. The van der Waals surface area contributed by atoms with Crippen LogP contribution in [-0.2, 0) is 14.2 Å². The molecule has 0 amide bonds. The Kier molecular flexibility index (Phi) is 4.70. The Morgan fingerprint density at radius 1 is 1.50 bits per heavy atom. The van der Waals surface area contributed by atoms with E-state index in [1.54, 1.807) is 19.1 Å². The fourth-order valence-electron chi connectivity index (χ4n) is 2.68. The number of aryl methyl sites for hydroxylation is 1. The van der Waals surface area contributed by atoms with Crippen molar-refractivity contribution in [1.82, 2.24) is 10.2 Å². The van der Waals surface area contributed by atoms with Crippen molar-refractivity contribution in [2.24, 2.45) is 0 Å². The lowest BCUT2D eigenvalue weighted by Gasteiger charge is -2.14. The van der Waals surface area contributed by atoms with Gasteiger partial charge in [0, 0.05) is 0 Å². The number of ether oxygens (including phenoxy) is 2. The number of esters is 1. The van der Waals surface area contributed by atoms with E-state index in [9.17, 15) is 9.82 Å². The van der Waals surface area contributed by atoms with Crippen molar-refractivity contribution in [2.75, 3.05) is 12.3 Å². The molecule has 1 aromatic carbocycles. The van der Waals surface area contributed by atoms with Crippen LogP contribution in [0.4, 0.5) is 5.13 Å². The maximum atomic E-state index is 11.7. The van der Waals surface area contributed by atoms with Gasteiger partial charge in [-0.2, -0.15) is 0 Å². The molecule has 2 heterocycles. The van der Waals surface area contributed by atoms with E-state index in [0.29, 0.717) is 28.1 Å². The lowest BCUT2D eigenvalue weighted by Crippen LogP contribution is -2.28. The summed E-state index contributed by atoms with van der Waals surface area (Å²) in [5.41, 5.74) is 7.71. The minimum atomic E-state index is -1.12. The van der Waals surface area contributed by atoms with Crippen LogP contribution in [0.3, 0.4) is 0 Å². The highest BCUT2D eigenvalue weighted by atomic mass is 32.1. The first kappa shape index (κ1) is 16.7. The van der Waals surface area contributed by atoms with Gasteiger partial charge in [-0.1, -0.05) is 5.10 Å². The van der Waals surface area contributed by atoms with Gasteiger partial charge in [-0.3, -0.25) is 4.79 Å². The molecular weight excluding hydrogens is 333 g/mol. The van der Waals surface area contributed by atoms with Crippen molar-refractivity contribution in [3.63, 3.8) is 0 Å². The second-order valence-corrected chi connectivity index (χ2v) is 6.21. The molecule has 24 heavy (non-hydrogen) atoms. The molecule has 0 fully saturated rings. The number of nitrogen functional groups attached to an aromatic ring is 1. The molecule has 1 atom stereocenters. The van der Waals surface area contributed by atoms with Gasteiger partial charge >= 0.3 is 18.3 Å². The largest absolute Gasteiger partial charge is 0.492 e. The lowest BCUT2D eigenvalue weighted by molar-refractivity contribution is -0.145. The standard InChI is InChI=1S/C14H16BN3O5S/c1-3-21-11(19)6-10-12-7(2)4-8(5-9(12)15(20)23-10)22-14-18-17-13(16)24-14/h4-5,10,20H,3,6H2,1-2H3,(H2,16,17)/t10-/m0/s1. The Bertz CT molecular complexity index is 769. The summed E-state index contributed by atoms with van der Waals surface area (Å²) in [4.78, 5) is 11.7. The summed E-state index contributed by atoms with van der Waals surface area (Å²) in [7, 11) is -1.12. The van der Waals surface area contributed by atoms with Gasteiger partial charge in [0.25, 0.3) is 0 Å². The van der Waals surface area contributed by atoms with E-state index in [-0.39, 0.29) is 12.4 Å². The highest BCUT2D eigenvalue weighted by Gasteiger charge is 2.38. The van der Waals surface area contributed by atoms with E-state index in [0.717, 1.165) is 22.5 Å². The molecule has 0 saturated heterocycles. The van der Waals surface area contributed by atoms with Crippen LogP contribution in [0.15, 0.2) is 12.1 Å². The van der Waals surface area contributed by atoms with Crippen LogP contribution < -0.4 is 15.9 Å². The number of nitrogens with two attached hydrogens (primary N) is 1. The Balaban J connectivity index is 1.85. The van der Waals surface area contributed by atoms with Crippen LogP contribution in [0.1, 0.15) is 30.6 Å². The number of fused-ring (bicyclic) bond motifs is 1. The first-order chi connectivity index (χ1) is 11.5. The van der Waals surface area contributed by atoms with Gasteiger partial charge in [0.05, 0.1) is 19.1 Å². The third-order valence-corrected chi connectivity index (χ3v) is 4.19. The summed E-state index contributed by atoms with van der Waals surface area (Å²) in [6.07, 6.45) is -0.494. The minimum Gasteiger partial charge on any atom is -0.466 e. The van der Waals surface area contributed by atoms with Gasteiger partial charge in [0.2, 0.25) is 5.13 Å². The van der Waals surface area contributed by atoms with E-state index in [1.165, 1.54) is 0 Å². The fraction of sp³-hybridized carbons (Fsp3) is 0.357. The molecule has 10 heteroatoms. The molecule has 126 valence electrons. The van der Waals surface area contributed by atoms with Gasteiger partial charge in [-0.25, -0.2) is 0 Å². The number of anilines is 1. The second kappa shape index (κ2) is 6.75. The molecule has 3 rings (SSSR count). The maximum Gasteiger partial charge on any atom is 0.492 e. The maximum absolute atomic E-state index is 11.7. The van der Waals surface area contributed by atoms with E-state index in [1.807, 2.05) is 6.92 Å².